The zero-order valence-electron chi connectivity index (χ0n) is 5.06. The third-order valence-corrected chi connectivity index (χ3v) is 0.835. The number of rotatable bonds is 3. The zero-order valence-corrected chi connectivity index (χ0v) is 5.06. The van der Waals surface area contributed by atoms with Crippen LogP contribution in [0.15, 0.2) is 12.2 Å². The van der Waals surface area contributed by atoms with Crippen LogP contribution in [0, 0.1) is 19.3 Å². The van der Waals surface area contributed by atoms with Crippen LogP contribution in [-0.4, -0.2) is 0 Å². The number of allylic oxidation sites excluding steroid dienone is 2. The van der Waals surface area contributed by atoms with Crippen molar-refractivity contribution < 1.29 is 0 Å². The van der Waals surface area contributed by atoms with Crippen LogP contribution in [0.4, 0.5) is 0 Å². The van der Waals surface area contributed by atoms with Crippen molar-refractivity contribution in [1.29, 1.82) is 0 Å². The molecular formula is C8H11. The summed E-state index contributed by atoms with van der Waals surface area (Å²) in [7, 11) is 0. The summed E-state index contributed by atoms with van der Waals surface area (Å²) >= 11 is 0. The summed E-state index contributed by atoms with van der Waals surface area (Å²) in [4.78, 5) is 0. The Bertz CT molecular complexity index is 93.1. The molecule has 0 aliphatic rings. The Morgan fingerprint density at radius 2 is 2.38 bits per heavy atom. The molecule has 0 heterocycles. The Morgan fingerprint density at radius 1 is 1.62 bits per heavy atom. The molecule has 0 rings (SSSR count). The summed E-state index contributed by atoms with van der Waals surface area (Å²) < 4.78 is 0. The highest BCUT2D eigenvalue weighted by Gasteiger charge is 1.74. The van der Waals surface area contributed by atoms with E-state index >= 15 is 0 Å². The summed E-state index contributed by atoms with van der Waals surface area (Å²) in [6.45, 7) is 3.70. The number of hydrogen-bond donors (Lipinski definition) is 0. The van der Waals surface area contributed by atoms with Gasteiger partial charge in [-0.2, -0.15) is 0 Å². The highest BCUT2D eigenvalue weighted by molar-refractivity contribution is 5.08. The Labute approximate surface area is 51.6 Å². The van der Waals surface area contributed by atoms with E-state index in [0.717, 1.165) is 19.3 Å². The number of terminal acetylenes is 1. The fourth-order valence-electron chi connectivity index (χ4n) is 0.414. The third-order valence-electron chi connectivity index (χ3n) is 0.835. The van der Waals surface area contributed by atoms with E-state index < -0.39 is 0 Å². The molecule has 0 aromatic carbocycles. The van der Waals surface area contributed by atoms with Gasteiger partial charge in [0.05, 0.1) is 0 Å². The highest BCUT2D eigenvalue weighted by Crippen LogP contribution is 1.92. The van der Waals surface area contributed by atoms with E-state index in [2.05, 4.69) is 12.8 Å². The molecule has 0 saturated carbocycles. The molecule has 0 aliphatic carbocycles. The molecular weight excluding hydrogens is 96.1 g/mol. The minimum Gasteiger partial charge on any atom is -0.115 e. The monoisotopic (exact) mass is 107 g/mol. The number of unbranched alkanes of at least 4 members (excludes halogenated alkanes) is 2. The molecule has 8 heavy (non-hydrogen) atoms. The second kappa shape index (κ2) is 6.30. The molecule has 0 aromatic heterocycles. The van der Waals surface area contributed by atoms with Gasteiger partial charge in [0.15, 0.2) is 0 Å². The van der Waals surface area contributed by atoms with Gasteiger partial charge in [0.2, 0.25) is 0 Å². The predicted octanol–water partition coefficient (Wildman–Crippen LogP) is 2.18. The van der Waals surface area contributed by atoms with Gasteiger partial charge in [-0.25, -0.2) is 0 Å². The lowest BCUT2D eigenvalue weighted by Gasteiger charge is -1.83. The van der Waals surface area contributed by atoms with Crippen molar-refractivity contribution in [2.45, 2.75) is 19.3 Å². The van der Waals surface area contributed by atoms with E-state index in [9.17, 15) is 0 Å². The van der Waals surface area contributed by atoms with Gasteiger partial charge >= 0.3 is 0 Å². The SMILES string of the molecule is C#C/C=C/CCC[CH2]. The van der Waals surface area contributed by atoms with Gasteiger partial charge in [-0.15, -0.1) is 6.42 Å². The first-order chi connectivity index (χ1) is 3.91. The quantitative estimate of drug-likeness (QED) is 0.383. The van der Waals surface area contributed by atoms with Crippen LogP contribution < -0.4 is 0 Å². The fraction of sp³-hybridized carbons (Fsp3) is 0.375. The second-order valence-electron chi connectivity index (χ2n) is 1.56. The van der Waals surface area contributed by atoms with Crippen LogP contribution in [0.5, 0.6) is 0 Å². The van der Waals surface area contributed by atoms with Gasteiger partial charge in [0, 0.05) is 0 Å². The standard InChI is InChI=1S/C8H11/c1-3-5-7-8-6-4-2/h1,5,7H,2,4,6,8H2/b7-5+. The normalized spacial score (nSPS) is 9.50. The van der Waals surface area contributed by atoms with E-state index in [0.29, 0.717) is 0 Å². The maximum atomic E-state index is 4.96. The maximum absolute atomic E-state index is 4.96. The molecule has 43 valence electrons. The summed E-state index contributed by atoms with van der Waals surface area (Å²) in [5.41, 5.74) is 0. The first-order valence-corrected chi connectivity index (χ1v) is 2.82. The molecule has 0 heteroatoms. The van der Waals surface area contributed by atoms with Crippen molar-refractivity contribution in [3.8, 4) is 12.3 Å². The lowest BCUT2D eigenvalue weighted by molar-refractivity contribution is 0.866. The first kappa shape index (κ1) is 7.30. The summed E-state index contributed by atoms with van der Waals surface area (Å²) in [6, 6.07) is 0. The Hall–Kier alpha value is -0.700. The molecule has 0 aliphatic heterocycles. The van der Waals surface area contributed by atoms with E-state index in [1.54, 1.807) is 6.08 Å². The topological polar surface area (TPSA) is 0 Å². The first-order valence-electron chi connectivity index (χ1n) is 2.82. The summed E-state index contributed by atoms with van der Waals surface area (Å²) in [6.07, 6.45) is 11.9. The lowest BCUT2D eigenvalue weighted by Crippen LogP contribution is -1.64. The lowest BCUT2D eigenvalue weighted by atomic mass is 10.2. The van der Waals surface area contributed by atoms with Crippen LogP contribution in [0.3, 0.4) is 0 Å². The van der Waals surface area contributed by atoms with E-state index in [4.69, 9.17) is 6.42 Å². The molecule has 0 N–H and O–H groups in total. The van der Waals surface area contributed by atoms with Gasteiger partial charge in [-0.3, -0.25) is 0 Å². The van der Waals surface area contributed by atoms with Crippen molar-refractivity contribution >= 4 is 0 Å². The van der Waals surface area contributed by atoms with Crippen LogP contribution >= 0.6 is 0 Å². The Balaban J connectivity index is 2.94. The minimum absolute atomic E-state index is 0.995. The van der Waals surface area contributed by atoms with E-state index in [1.165, 1.54) is 0 Å². The van der Waals surface area contributed by atoms with Gasteiger partial charge in [-0.1, -0.05) is 25.3 Å². The smallest absolute Gasteiger partial charge is 0.0162 e. The van der Waals surface area contributed by atoms with Crippen molar-refractivity contribution in [2.75, 3.05) is 0 Å². The third kappa shape index (κ3) is 5.30. The van der Waals surface area contributed by atoms with Crippen LogP contribution in [0.25, 0.3) is 0 Å². The largest absolute Gasteiger partial charge is 0.115 e. The average molecular weight is 107 g/mol. The van der Waals surface area contributed by atoms with Crippen molar-refractivity contribution in [1.82, 2.24) is 0 Å². The molecule has 0 bridgehead atoms. The van der Waals surface area contributed by atoms with Crippen LogP contribution in [-0.2, 0) is 0 Å². The van der Waals surface area contributed by atoms with Crippen LogP contribution in [0.1, 0.15) is 19.3 Å². The molecule has 0 amide bonds. The number of hydrogen-bond acceptors (Lipinski definition) is 0. The van der Waals surface area contributed by atoms with Crippen molar-refractivity contribution in [2.24, 2.45) is 0 Å². The summed E-state index contributed by atoms with van der Waals surface area (Å²) in [5.74, 6) is 2.43. The minimum atomic E-state index is 0.995. The van der Waals surface area contributed by atoms with Gasteiger partial charge in [0.25, 0.3) is 0 Å². The molecule has 1 radical (unpaired) electrons. The Kier molecular flexibility index (Phi) is 5.75. The van der Waals surface area contributed by atoms with Crippen molar-refractivity contribution in [3.05, 3.63) is 19.1 Å². The molecule has 0 spiro atoms. The fourth-order valence-corrected chi connectivity index (χ4v) is 0.414. The van der Waals surface area contributed by atoms with Gasteiger partial charge in [0.1, 0.15) is 0 Å². The molecule has 0 unspecified atom stereocenters. The van der Waals surface area contributed by atoms with Gasteiger partial charge in [-0.05, 0) is 18.9 Å². The molecule has 0 atom stereocenters. The highest BCUT2D eigenvalue weighted by atomic mass is 13.8. The average Bonchev–Trinajstić information content (AvgIpc) is 1.81. The van der Waals surface area contributed by atoms with E-state index in [1.807, 2.05) is 6.08 Å². The van der Waals surface area contributed by atoms with Crippen molar-refractivity contribution in [3.63, 3.8) is 0 Å². The summed E-state index contributed by atoms with van der Waals surface area (Å²) in [5, 5.41) is 0. The molecule has 0 fully saturated rings. The Morgan fingerprint density at radius 3 is 2.88 bits per heavy atom. The molecule has 0 aromatic rings. The zero-order chi connectivity index (χ0) is 6.24. The maximum Gasteiger partial charge on any atom is -0.0162 e. The molecule has 0 nitrogen and oxygen atoms in total. The second-order valence-corrected chi connectivity index (χ2v) is 1.56. The van der Waals surface area contributed by atoms with E-state index in [-0.39, 0.29) is 0 Å². The molecule has 0 saturated heterocycles. The van der Waals surface area contributed by atoms with Crippen LogP contribution in [0.2, 0.25) is 0 Å². The predicted molar refractivity (Wildman–Crippen MR) is 37.2 cm³/mol. The van der Waals surface area contributed by atoms with Gasteiger partial charge < -0.3 is 0 Å².